The molecule has 256 valence electrons. The van der Waals surface area contributed by atoms with Crippen LogP contribution in [0.2, 0.25) is 8.26 Å². The molecule has 2 aliphatic carbocycles. The van der Waals surface area contributed by atoms with Gasteiger partial charge in [0.1, 0.15) is 0 Å². The fourth-order valence-corrected chi connectivity index (χ4v) is 28.1. The van der Waals surface area contributed by atoms with E-state index in [2.05, 4.69) is 133 Å². The van der Waals surface area contributed by atoms with E-state index < -0.39 is 20.3 Å². The van der Waals surface area contributed by atoms with Gasteiger partial charge in [0.05, 0.1) is 0 Å². The molecule has 0 nitrogen and oxygen atoms in total. The molecule has 1 heterocycles. The van der Waals surface area contributed by atoms with Crippen LogP contribution in [0, 0.1) is 83.1 Å². The number of rotatable bonds is 4. The average Bonchev–Trinajstić information content (AvgIpc) is 3.63. The predicted octanol–water partition coefficient (Wildman–Crippen LogP) is 7.35. The maximum atomic E-state index is 2.65. The number of benzene rings is 4. The van der Waals surface area contributed by atoms with Gasteiger partial charge in [-0.05, 0) is 0 Å². The third kappa shape index (κ3) is 5.30. The summed E-state index contributed by atoms with van der Waals surface area (Å²) in [6, 6.07) is 9.50. The number of allylic oxidation sites excluding steroid dienone is 2. The Morgan fingerprint density at radius 1 is 0.408 bits per heavy atom. The Balaban J connectivity index is 0.00000234. The second kappa shape index (κ2) is 13.1. The van der Waals surface area contributed by atoms with Crippen molar-refractivity contribution < 1.29 is 45.1 Å². The number of hydrogen-bond donors (Lipinski definition) is 0. The van der Waals surface area contributed by atoms with Crippen LogP contribution in [0.4, 0.5) is 0 Å². The first kappa shape index (κ1) is 38.1. The van der Waals surface area contributed by atoms with Crippen LogP contribution >= 0.6 is 0 Å². The fourth-order valence-electron chi connectivity index (χ4n) is 10.1. The second-order valence-electron chi connectivity index (χ2n) is 15.9. The molecular weight excluding hydrogens is 715 g/mol. The Kier molecular flexibility index (Phi) is 10.2. The monoisotopic (exact) mass is 766 g/mol. The Morgan fingerprint density at radius 3 is 1.08 bits per heavy atom. The van der Waals surface area contributed by atoms with Crippen molar-refractivity contribution in [1.29, 1.82) is 0 Å². The molecule has 0 radical (unpaired) electrons. The van der Waals surface area contributed by atoms with Crippen LogP contribution in [0.3, 0.4) is 0 Å². The maximum Gasteiger partial charge on any atom is -1.00 e. The molecule has 1 fully saturated rings. The normalized spacial score (nSPS) is 17.7. The molecule has 0 N–H and O–H groups in total. The summed E-state index contributed by atoms with van der Waals surface area (Å²) in [6.07, 6.45) is 5.29. The Bertz CT molecular complexity index is 1990. The van der Waals surface area contributed by atoms with Gasteiger partial charge >= 0.3 is 292 Å². The first-order valence-electron chi connectivity index (χ1n) is 17.9. The SMILES string of the molecule is CC1=Cc2c(-c3ccc(C)c(C)c3C)c(C)c(C)c(C)c2[CH]1[Zr+2]1([CH]2C(C)=Cc3c(-c4ccc(C)c(C)c4C)c(C)c(C)c(C)c32)[CH2][CH2]1.[Cl-].[Cl-]. The number of fused-ring (bicyclic) bond motifs is 2. The summed E-state index contributed by atoms with van der Waals surface area (Å²) < 4.78 is 4.29. The van der Waals surface area contributed by atoms with Crippen molar-refractivity contribution in [2.75, 3.05) is 0 Å². The molecule has 7 rings (SSSR count). The van der Waals surface area contributed by atoms with Gasteiger partial charge in [0.25, 0.3) is 0 Å². The minimum absolute atomic E-state index is 0. The molecule has 2 unspecified atom stereocenters. The van der Waals surface area contributed by atoms with Gasteiger partial charge in [-0.25, -0.2) is 0 Å². The van der Waals surface area contributed by atoms with Crippen molar-refractivity contribution in [1.82, 2.24) is 0 Å². The molecule has 4 aromatic rings. The largest absolute Gasteiger partial charge is 1.00 e. The van der Waals surface area contributed by atoms with Crippen LogP contribution in [0.15, 0.2) is 35.4 Å². The van der Waals surface area contributed by atoms with E-state index in [1.54, 1.807) is 44.5 Å². The average molecular weight is 769 g/mol. The molecule has 49 heavy (non-hydrogen) atoms. The van der Waals surface area contributed by atoms with E-state index in [1.165, 1.54) is 86.1 Å². The maximum absolute atomic E-state index is 2.84. The van der Waals surface area contributed by atoms with Crippen molar-refractivity contribution in [3.63, 3.8) is 0 Å². The summed E-state index contributed by atoms with van der Waals surface area (Å²) in [5, 5.41) is 0. The number of aryl methyl sites for hydroxylation is 2. The zero-order chi connectivity index (χ0) is 34.0. The van der Waals surface area contributed by atoms with Crippen LogP contribution in [-0.2, 0) is 20.3 Å². The summed E-state index contributed by atoms with van der Waals surface area (Å²) in [6.45, 7) is 33.2. The molecule has 2 atom stereocenters. The van der Waals surface area contributed by atoms with E-state index in [4.69, 9.17) is 0 Å². The van der Waals surface area contributed by atoms with Crippen molar-refractivity contribution in [3.8, 4) is 22.3 Å². The topological polar surface area (TPSA) is 0 Å². The van der Waals surface area contributed by atoms with Gasteiger partial charge in [-0.1, -0.05) is 0 Å². The third-order valence-corrected chi connectivity index (χ3v) is 27.2. The van der Waals surface area contributed by atoms with Crippen molar-refractivity contribution in [2.45, 2.75) is 112 Å². The first-order valence-corrected chi connectivity index (χ1v) is 24.2. The van der Waals surface area contributed by atoms with E-state index in [1.807, 2.05) is 0 Å². The molecule has 0 spiro atoms. The Morgan fingerprint density at radius 2 is 0.755 bits per heavy atom. The van der Waals surface area contributed by atoms with Gasteiger partial charge in [0.2, 0.25) is 0 Å². The molecule has 4 aromatic carbocycles. The van der Waals surface area contributed by atoms with Crippen molar-refractivity contribution in [2.24, 2.45) is 0 Å². The van der Waals surface area contributed by atoms with E-state index in [9.17, 15) is 0 Å². The van der Waals surface area contributed by atoms with E-state index in [0.29, 0.717) is 7.25 Å². The molecule has 3 heteroatoms. The van der Waals surface area contributed by atoms with Crippen LogP contribution in [0.1, 0.15) is 110 Å². The summed E-state index contributed by atoms with van der Waals surface area (Å²) in [7, 11) is 0. The molecule has 0 saturated carbocycles. The summed E-state index contributed by atoms with van der Waals surface area (Å²) >= 11 is -2.84. The zero-order valence-electron chi connectivity index (χ0n) is 32.3. The first-order chi connectivity index (χ1) is 22.1. The standard InChI is InChI=1S/2C22H25.C2H4.2ClH.Zr/c2*1-12-10-20-17(6)15(4)18(7)22(21(20)11-12)19-9-8-13(2)14(3)16(19)5;1-2;;;/h2*8-11H,1-7H3;1-2H2;2*1H;/q;;;;;+2/p-2. The molecule has 0 bridgehead atoms. The Hall–Kier alpha value is -2.18. The Labute approximate surface area is 314 Å². The van der Waals surface area contributed by atoms with Gasteiger partial charge in [-0.3, -0.25) is 0 Å². The molecular formula is C46H54Cl2Zr. The summed E-state index contributed by atoms with van der Waals surface area (Å²) in [5.41, 5.74) is 33.3. The molecule has 3 aliphatic rings. The smallest absolute Gasteiger partial charge is 1.00 e. The summed E-state index contributed by atoms with van der Waals surface area (Å²) in [5.74, 6) is 0. The van der Waals surface area contributed by atoms with E-state index in [-0.39, 0.29) is 24.8 Å². The van der Waals surface area contributed by atoms with Crippen LogP contribution in [-0.4, -0.2) is 0 Å². The van der Waals surface area contributed by atoms with Gasteiger partial charge in [-0.2, -0.15) is 0 Å². The molecule has 1 saturated heterocycles. The molecule has 1 aliphatic heterocycles. The van der Waals surface area contributed by atoms with Crippen LogP contribution in [0.5, 0.6) is 0 Å². The van der Waals surface area contributed by atoms with Gasteiger partial charge < -0.3 is 24.8 Å². The summed E-state index contributed by atoms with van der Waals surface area (Å²) in [4.78, 5) is 0. The quantitative estimate of drug-likeness (QED) is 0.204. The van der Waals surface area contributed by atoms with Crippen LogP contribution < -0.4 is 24.8 Å². The minimum Gasteiger partial charge on any atom is -1.00 e. The zero-order valence-corrected chi connectivity index (χ0v) is 36.3. The van der Waals surface area contributed by atoms with E-state index >= 15 is 0 Å². The van der Waals surface area contributed by atoms with Crippen LogP contribution in [0.25, 0.3) is 34.4 Å². The van der Waals surface area contributed by atoms with E-state index in [0.717, 1.165) is 0 Å². The number of halogens is 2. The third-order valence-electron chi connectivity index (χ3n) is 13.8. The van der Waals surface area contributed by atoms with Gasteiger partial charge in [-0.15, -0.1) is 0 Å². The van der Waals surface area contributed by atoms with Crippen molar-refractivity contribution >= 4 is 12.2 Å². The molecule has 0 aromatic heterocycles. The minimum atomic E-state index is -2.84. The second-order valence-corrected chi connectivity index (χ2v) is 27.2. The molecule has 0 amide bonds. The predicted molar refractivity (Wildman–Crippen MR) is 203 cm³/mol. The van der Waals surface area contributed by atoms with Crippen molar-refractivity contribution in [3.05, 3.63) is 124 Å². The number of hydrogen-bond acceptors (Lipinski definition) is 0. The van der Waals surface area contributed by atoms with Gasteiger partial charge in [0.15, 0.2) is 0 Å². The fraction of sp³-hybridized carbons (Fsp3) is 0.391. The van der Waals surface area contributed by atoms with Gasteiger partial charge in [0, 0.05) is 0 Å².